The Kier molecular flexibility index (Phi) is 4.53. The molecule has 1 aromatic rings. The molecule has 1 atom stereocenters. The van der Waals surface area contributed by atoms with Crippen LogP contribution in [0.25, 0.3) is 0 Å². The maximum Gasteiger partial charge on any atom is 0.244 e. The highest BCUT2D eigenvalue weighted by Gasteiger charge is 2.28. The van der Waals surface area contributed by atoms with Crippen molar-refractivity contribution >= 4 is 17.7 Å². The number of thioether (sulfide) groups is 1. The molecular formula is C15H22N2OS. The molecule has 1 amide bonds. The molecule has 1 aromatic carbocycles. The number of amides is 1. The number of rotatable bonds is 2. The number of nitrogens with two attached hydrogens (primary N) is 1. The summed E-state index contributed by atoms with van der Waals surface area (Å²) in [5.74, 6) is 1.03. The van der Waals surface area contributed by atoms with E-state index < -0.39 is 6.04 Å². The Morgan fingerprint density at radius 2 is 2.00 bits per heavy atom. The molecule has 0 saturated carbocycles. The lowest BCUT2D eigenvalue weighted by atomic mass is 10.1. The highest BCUT2D eigenvalue weighted by atomic mass is 32.2. The van der Waals surface area contributed by atoms with E-state index in [-0.39, 0.29) is 10.7 Å². The first kappa shape index (κ1) is 14.4. The fourth-order valence-electron chi connectivity index (χ4n) is 2.24. The van der Waals surface area contributed by atoms with E-state index in [0.29, 0.717) is 0 Å². The van der Waals surface area contributed by atoms with Gasteiger partial charge in [0.05, 0.1) is 0 Å². The van der Waals surface area contributed by atoms with Crippen molar-refractivity contribution in [1.29, 1.82) is 0 Å². The van der Waals surface area contributed by atoms with Crippen molar-refractivity contribution < 1.29 is 4.79 Å². The van der Waals surface area contributed by atoms with Crippen molar-refractivity contribution in [2.75, 3.05) is 18.8 Å². The van der Waals surface area contributed by atoms with Crippen molar-refractivity contribution in [2.24, 2.45) is 5.73 Å². The molecule has 2 rings (SSSR count). The van der Waals surface area contributed by atoms with Crippen LogP contribution >= 0.6 is 11.8 Å². The van der Waals surface area contributed by atoms with Gasteiger partial charge in [-0.3, -0.25) is 4.79 Å². The van der Waals surface area contributed by atoms with Crippen molar-refractivity contribution in [3.05, 3.63) is 35.9 Å². The average molecular weight is 278 g/mol. The molecule has 19 heavy (non-hydrogen) atoms. The quantitative estimate of drug-likeness (QED) is 0.904. The second kappa shape index (κ2) is 5.97. The van der Waals surface area contributed by atoms with Gasteiger partial charge in [-0.25, -0.2) is 0 Å². The molecule has 2 N–H and O–H groups in total. The van der Waals surface area contributed by atoms with Crippen LogP contribution in [-0.4, -0.2) is 34.4 Å². The molecule has 1 fully saturated rings. The maximum atomic E-state index is 12.5. The van der Waals surface area contributed by atoms with E-state index in [9.17, 15) is 4.79 Å². The second-order valence-corrected chi connectivity index (χ2v) is 7.37. The molecule has 0 unspecified atom stereocenters. The number of nitrogens with zero attached hydrogens (tertiary/aromatic N) is 1. The summed E-state index contributed by atoms with van der Waals surface area (Å²) in [7, 11) is 0. The second-order valence-electron chi connectivity index (χ2n) is 5.57. The smallest absolute Gasteiger partial charge is 0.244 e. The van der Waals surface area contributed by atoms with Gasteiger partial charge in [0.25, 0.3) is 0 Å². The van der Waals surface area contributed by atoms with Gasteiger partial charge in [0.15, 0.2) is 0 Å². The van der Waals surface area contributed by atoms with Crippen LogP contribution in [0.2, 0.25) is 0 Å². The Morgan fingerprint density at radius 1 is 1.32 bits per heavy atom. The van der Waals surface area contributed by atoms with Gasteiger partial charge >= 0.3 is 0 Å². The summed E-state index contributed by atoms with van der Waals surface area (Å²) < 4.78 is 0.256. The predicted molar refractivity (Wildman–Crippen MR) is 81.1 cm³/mol. The van der Waals surface area contributed by atoms with Crippen LogP contribution in [-0.2, 0) is 4.79 Å². The summed E-state index contributed by atoms with van der Waals surface area (Å²) in [6.45, 7) is 6.08. The fourth-order valence-corrected chi connectivity index (χ4v) is 3.34. The zero-order valence-electron chi connectivity index (χ0n) is 11.6. The molecule has 3 nitrogen and oxygen atoms in total. The summed E-state index contributed by atoms with van der Waals surface area (Å²) in [5.41, 5.74) is 6.98. The maximum absolute atomic E-state index is 12.5. The first-order valence-electron chi connectivity index (χ1n) is 6.73. The third kappa shape index (κ3) is 3.74. The van der Waals surface area contributed by atoms with E-state index >= 15 is 0 Å². The van der Waals surface area contributed by atoms with Crippen molar-refractivity contribution in [3.63, 3.8) is 0 Å². The van der Waals surface area contributed by atoms with Crippen LogP contribution in [0.15, 0.2) is 30.3 Å². The van der Waals surface area contributed by atoms with E-state index in [1.165, 1.54) is 0 Å². The first-order valence-corrected chi connectivity index (χ1v) is 7.71. The molecule has 0 aliphatic carbocycles. The lowest BCUT2D eigenvalue weighted by Gasteiger charge is -2.25. The van der Waals surface area contributed by atoms with Crippen molar-refractivity contribution in [1.82, 2.24) is 4.90 Å². The molecule has 0 bridgehead atoms. The first-order chi connectivity index (χ1) is 8.99. The number of carbonyl (C=O) groups excluding carboxylic acids is 1. The van der Waals surface area contributed by atoms with Gasteiger partial charge in [-0.05, 0) is 12.0 Å². The van der Waals surface area contributed by atoms with Gasteiger partial charge in [-0.15, -0.1) is 0 Å². The highest BCUT2D eigenvalue weighted by molar-refractivity contribution is 8.00. The normalized spacial score (nSPS) is 20.7. The summed E-state index contributed by atoms with van der Waals surface area (Å²) in [6, 6.07) is 9.07. The van der Waals surface area contributed by atoms with Gasteiger partial charge in [0, 0.05) is 23.6 Å². The van der Waals surface area contributed by atoms with Crippen LogP contribution in [0.4, 0.5) is 0 Å². The summed E-state index contributed by atoms with van der Waals surface area (Å²) in [5, 5.41) is 0. The number of benzene rings is 1. The fraction of sp³-hybridized carbons (Fsp3) is 0.533. The van der Waals surface area contributed by atoms with Gasteiger partial charge in [0.2, 0.25) is 5.91 Å². The number of hydrogen-bond acceptors (Lipinski definition) is 3. The van der Waals surface area contributed by atoms with E-state index in [1.807, 2.05) is 47.0 Å². The molecule has 1 aliphatic heterocycles. The van der Waals surface area contributed by atoms with Crippen LogP contribution in [0, 0.1) is 0 Å². The summed E-state index contributed by atoms with van der Waals surface area (Å²) in [4.78, 5) is 14.4. The molecule has 0 spiro atoms. The van der Waals surface area contributed by atoms with Gasteiger partial charge in [-0.2, -0.15) is 11.8 Å². The van der Waals surface area contributed by atoms with E-state index in [4.69, 9.17) is 5.73 Å². The Balaban J connectivity index is 2.03. The molecule has 0 aromatic heterocycles. The minimum absolute atomic E-state index is 0.0458. The Morgan fingerprint density at radius 3 is 2.68 bits per heavy atom. The lowest BCUT2D eigenvalue weighted by Crippen LogP contribution is -2.40. The topological polar surface area (TPSA) is 46.3 Å². The molecule has 1 aliphatic rings. The van der Waals surface area contributed by atoms with E-state index in [2.05, 4.69) is 13.8 Å². The van der Waals surface area contributed by atoms with Crippen molar-refractivity contribution in [3.8, 4) is 0 Å². The molecular weight excluding hydrogens is 256 g/mol. The molecule has 4 heteroatoms. The Hall–Kier alpha value is -1.00. The molecule has 1 saturated heterocycles. The van der Waals surface area contributed by atoms with Crippen LogP contribution in [0.5, 0.6) is 0 Å². The highest BCUT2D eigenvalue weighted by Crippen LogP contribution is 2.31. The van der Waals surface area contributed by atoms with Gasteiger partial charge < -0.3 is 10.6 Å². The SMILES string of the molecule is CC1(C)CCN(C(=O)[C@H](N)c2ccccc2)CCS1. The zero-order valence-corrected chi connectivity index (χ0v) is 12.5. The number of hydrogen-bond donors (Lipinski definition) is 1. The largest absolute Gasteiger partial charge is 0.340 e. The third-order valence-electron chi connectivity index (χ3n) is 3.57. The van der Waals surface area contributed by atoms with Gasteiger partial charge in [0.1, 0.15) is 6.04 Å². The monoisotopic (exact) mass is 278 g/mol. The average Bonchev–Trinajstić information content (AvgIpc) is 2.59. The summed E-state index contributed by atoms with van der Waals surface area (Å²) in [6.07, 6.45) is 1.02. The minimum atomic E-state index is -0.535. The van der Waals surface area contributed by atoms with Crippen LogP contribution in [0.1, 0.15) is 31.9 Å². The predicted octanol–water partition coefficient (Wildman–Crippen LogP) is 2.43. The molecule has 104 valence electrons. The van der Waals surface area contributed by atoms with Crippen LogP contribution in [0.3, 0.4) is 0 Å². The lowest BCUT2D eigenvalue weighted by molar-refractivity contribution is -0.132. The standard InChI is InChI=1S/C15H22N2OS/c1-15(2)8-9-17(10-11-19-15)14(18)13(16)12-6-4-3-5-7-12/h3-7,13H,8-11,16H2,1-2H3/t13-/m1/s1. The van der Waals surface area contributed by atoms with Gasteiger partial charge in [-0.1, -0.05) is 44.2 Å². The zero-order chi connectivity index (χ0) is 13.9. The van der Waals surface area contributed by atoms with E-state index in [0.717, 1.165) is 30.8 Å². The Bertz CT molecular complexity index is 433. The molecule has 1 heterocycles. The van der Waals surface area contributed by atoms with Crippen molar-refractivity contribution in [2.45, 2.75) is 31.1 Å². The summed E-state index contributed by atoms with van der Waals surface area (Å²) >= 11 is 1.94. The third-order valence-corrected chi connectivity index (χ3v) is 4.95. The number of carbonyl (C=O) groups is 1. The Labute approximate surface area is 119 Å². The van der Waals surface area contributed by atoms with E-state index in [1.54, 1.807) is 0 Å². The minimum Gasteiger partial charge on any atom is -0.340 e. The van der Waals surface area contributed by atoms with Crippen LogP contribution < -0.4 is 5.73 Å². The molecule has 0 radical (unpaired) electrons.